The van der Waals surface area contributed by atoms with Crippen molar-refractivity contribution in [1.82, 2.24) is 4.90 Å². The van der Waals surface area contributed by atoms with Crippen molar-refractivity contribution in [2.75, 3.05) is 13.4 Å². The molecule has 1 fully saturated rings. The molecule has 30 heavy (non-hydrogen) atoms. The number of thioether (sulfide) groups is 1. The molecule has 0 atom stereocenters. The highest BCUT2D eigenvalue weighted by Gasteiger charge is 2.35. The maximum atomic E-state index is 12.9. The van der Waals surface area contributed by atoms with Crippen molar-refractivity contribution in [2.45, 2.75) is 13.5 Å². The highest BCUT2D eigenvalue weighted by atomic mass is 127. The summed E-state index contributed by atoms with van der Waals surface area (Å²) in [5.74, 6) is 1.01. The SMILES string of the molecule is CCOc1cc(/C=C2/SC(=O)N(Cc3cc4c(cc3Cl)OCO4)C2=O)cc(I)c1O. The molecule has 2 aliphatic rings. The van der Waals surface area contributed by atoms with E-state index in [1.807, 2.05) is 29.5 Å². The van der Waals surface area contributed by atoms with E-state index < -0.39 is 11.1 Å². The molecule has 0 spiro atoms. The largest absolute Gasteiger partial charge is 0.504 e. The summed E-state index contributed by atoms with van der Waals surface area (Å²) in [4.78, 5) is 26.8. The van der Waals surface area contributed by atoms with Crippen molar-refractivity contribution in [1.29, 1.82) is 0 Å². The van der Waals surface area contributed by atoms with Gasteiger partial charge in [0.2, 0.25) is 6.79 Å². The molecule has 0 aliphatic carbocycles. The molecule has 4 rings (SSSR count). The smallest absolute Gasteiger partial charge is 0.293 e. The topological polar surface area (TPSA) is 85.3 Å². The molecule has 0 aromatic heterocycles. The number of imide groups is 1. The van der Waals surface area contributed by atoms with Crippen LogP contribution in [0.5, 0.6) is 23.0 Å². The first-order valence-electron chi connectivity index (χ1n) is 8.86. The molecule has 0 unspecified atom stereocenters. The van der Waals surface area contributed by atoms with E-state index in [0.717, 1.165) is 16.7 Å². The number of hydrogen-bond donors (Lipinski definition) is 1. The molecule has 0 radical (unpaired) electrons. The van der Waals surface area contributed by atoms with Crippen LogP contribution >= 0.6 is 46.0 Å². The molecule has 2 aliphatic heterocycles. The number of amides is 2. The molecular formula is C20H15ClINO6S. The van der Waals surface area contributed by atoms with E-state index in [-0.39, 0.29) is 24.0 Å². The maximum Gasteiger partial charge on any atom is 0.293 e. The van der Waals surface area contributed by atoms with Gasteiger partial charge in [-0.1, -0.05) is 11.6 Å². The molecule has 1 saturated heterocycles. The van der Waals surface area contributed by atoms with Gasteiger partial charge in [-0.2, -0.15) is 0 Å². The van der Waals surface area contributed by atoms with E-state index in [4.69, 9.17) is 25.8 Å². The van der Waals surface area contributed by atoms with Crippen LogP contribution in [0.4, 0.5) is 4.79 Å². The zero-order valence-electron chi connectivity index (χ0n) is 15.6. The maximum absolute atomic E-state index is 12.9. The second kappa shape index (κ2) is 8.56. The Kier molecular flexibility index (Phi) is 6.03. The first kappa shape index (κ1) is 21.1. The van der Waals surface area contributed by atoms with E-state index in [0.29, 0.717) is 43.6 Å². The van der Waals surface area contributed by atoms with Crippen LogP contribution in [0.15, 0.2) is 29.2 Å². The minimum absolute atomic E-state index is 0.0226. The highest BCUT2D eigenvalue weighted by molar-refractivity contribution is 14.1. The predicted octanol–water partition coefficient (Wildman–Crippen LogP) is 5.01. The van der Waals surface area contributed by atoms with Crippen molar-refractivity contribution in [3.05, 3.63) is 48.9 Å². The molecule has 10 heteroatoms. The van der Waals surface area contributed by atoms with Crippen molar-refractivity contribution in [3.63, 3.8) is 0 Å². The summed E-state index contributed by atoms with van der Waals surface area (Å²) in [6.45, 7) is 2.33. The first-order chi connectivity index (χ1) is 14.4. The van der Waals surface area contributed by atoms with Gasteiger partial charge in [0.15, 0.2) is 23.0 Å². The highest BCUT2D eigenvalue weighted by Crippen LogP contribution is 2.40. The summed E-state index contributed by atoms with van der Waals surface area (Å²) in [6, 6.07) is 6.63. The molecule has 2 amide bonds. The average Bonchev–Trinajstić information content (AvgIpc) is 3.25. The zero-order valence-corrected chi connectivity index (χ0v) is 19.3. The lowest BCUT2D eigenvalue weighted by Crippen LogP contribution is -2.27. The van der Waals surface area contributed by atoms with Crippen LogP contribution in [0, 0.1) is 3.57 Å². The van der Waals surface area contributed by atoms with E-state index in [1.165, 1.54) is 0 Å². The minimum Gasteiger partial charge on any atom is -0.504 e. The summed E-state index contributed by atoms with van der Waals surface area (Å²) < 4.78 is 16.6. The van der Waals surface area contributed by atoms with Crippen LogP contribution in [0.1, 0.15) is 18.1 Å². The predicted molar refractivity (Wildman–Crippen MR) is 121 cm³/mol. The van der Waals surface area contributed by atoms with Crippen LogP contribution in [0.2, 0.25) is 5.02 Å². The number of ether oxygens (including phenoxy) is 3. The van der Waals surface area contributed by atoms with Gasteiger partial charge in [-0.3, -0.25) is 14.5 Å². The number of carbonyl (C=O) groups excluding carboxylic acids is 2. The summed E-state index contributed by atoms with van der Waals surface area (Å²) in [5.41, 5.74) is 1.23. The van der Waals surface area contributed by atoms with Gasteiger partial charge in [0.05, 0.1) is 21.6 Å². The number of benzene rings is 2. The zero-order chi connectivity index (χ0) is 21.4. The molecule has 0 saturated carbocycles. The fourth-order valence-corrected chi connectivity index (χ4v) is 4.66. The summed E-state index contributed by atoms with van der Waals surface area (Å²) in [5, 5.41) is 10.1. The Morgan fingerprint density at radius 3 is 2.73 bits per heavy atom. The Morgan fingerprint density at radius 2 is 2.00 bits per heavy atom. The Balaban J connectivity index is 1.59. The van der Waals surface area contributed by atoms with Crippen LogP contribution < -0.4 is 14.2 Å². The number of carbonyl (C=O) groups is 2. The summed E-state index contributed by atoms with van der Waals surface area (Å²) in [6.07, 6.45) is 1.61. The number of rotatable bonds is 5. The number of phenolic OH excluding ortho intramolecular Hbond substituents is 1. The van der Waals surface area contributed by atoms with Gasteiger partial charge in [-0.25, -0.2) is 0 Å². The van der Waals surface area contributed by atoms with E-state index >= 15 is 0 Å². The second-order valence-electron chi connectivity index (χ2n) is 6.35. The molecule has 0 bridgehead atoms. The number of phenols is 1. The first-order valence-corrected chi connectivity index (χ1v) is 11.1. The lowest BCUT2D eigenvalue weighted by atomic mass is 10.1. The fraction of sp³-hybridized carbons (Fsp3) is 0.200. The van der Waals surface area contributed by atoms with E-state index in [9.17, 15) is 14.7 Å². The standard InChI is InChI=1S/C20H15ClINO6S/c1-2-27-16-4-10(3-13(22)18(16)24)5-17-19(25)23(20(26)30-17)8-11-6-14-15(7-12(11)21)29-9-28-14/h3-7,24H,2,8-9H2,1H3/b17-5+. The second-order valence-corrected chi connectivity index (χ2v) is 8.91. The Labute approximate surface area is 195 Å². The third-order valence-corrected chi connectivity index (χ3v) is 6.47. The van der Waals surface area contributed by atoms with Gasteiger partial charge in [-0.15, -0.1) is 0 Å². The van der Waals surface area contributed by atoms with Gasteiger partial charge >= 0.3 is 0 Å². The molecule has 2 aromatic rings. The molecule has 1 N–H and O–H groups in total. The normalized spacial score (nSPS) is 16.6. The number of aromatic hydroxyl groups is 1. The number of fused-ring (bicyclic) bond motifs is 1. The van der Waals surface area contributed by atoms with Crippen molar-refractivity contribution in [2.24, 2.45) is 0 Å². The van der Waals surface area contributed by atoms with Crippen LogP contribution in [0.3, 0.4) is 0 Å². The number of hydrogen-bond acceptors (Lipinski definition) is 7. The third-order valence-electron chi connectivity index (χ3n) is 4.39. The monoisotopic (exact) mass is 559 g/mol. The molecule has 2 aromatic carbocycles. The van der Waals surface area contributed by atoms with E-state index in [1.54, 1.807) is 30.3 Å². The third kappa shape index (κ3) is 4.06. The van der Waals surface area contributed by atoms with Crippen molar-refractivity contribution >= 4 is 63.2 Å². The van der Waals surface area contributed by atoms with Crippen LogP contribution in [-0.4, -0.2) is 34.6 Å². The van der Waals surface area contributed by atoms with Gasteiger partial charge < -0.3 is 19.3 Å². The number of halogens is 2. The Hall–Kier alpha value is -2.11. The Morgan fingerprint density at radius 1 is 1.27 bits per heavy atom. The quantitative estimate of drug-likeness (QED) is 0.407. The van der Waals surface area contributed by atoms with Crippen molar-refractivity contribution in [3.8, 4) is 23.0 Å². The molecular weight excluding hydrogens is 545 g/mol. The van der Waals surface area contributed by atoms with Gasteiger partial charge in [-0.05, 0) is 76.7 Å². The summed E-state index contributed by atoms with van der Waals surface area (Å²) in [7, 11) is 0. The van der Waals surface area contributed by atoms with Crippen LogP contribution in [-0.2, 0) is 11.3 Å². The fourth-order valence-electron chi connectivity index (χ4n) is 2.98. The molecule has 7 nitrogen and oxygen atoms in total. The summed E-state index contributed by atoms with van der Waals surface area (Å²) >= 11 is 9.12. The molecule has 2 heterocycles. The molecule has 156 valence electrons. The minimum atomic E-state index is -0.417. The van der Waals surface area contributed by atoms with E-state index in [2.05, 4.69) is 0 Å². The lowest BCUT2D eigenvalue weighted by Gasteiger charge is -2.14. The average molecular weight is 560 g/mol. The lowest BCUT2D eigenvalue weighted by molar-refractivity contribution is -0.123. The van der Waals surface area contributed by atoms with Gasteiger partial charge in [0.1, 0.15) is 0 Å². The van der Waals surface area contributed by atoms with Gasteiger partial charge in [0, 0.05) is 11.1 Å². The number of nitrogens with zero attached hydrogens (tertiary/aromatic N) is 1. The van der Waals surface area contributed by atoms with Crippen molar-refractivity contribution < 1.29 is 28.9 Å². The Bertz CT molecular complexity index is 1090. The van der Waals surface area contributed by atoms with Crippen LogP contribution in [0.25, 0.3) is 6.08 Å². The van der Waals surface area contributed by atoms with Gasteiger partial charge in [0.25, 0.3) is 11.1 Å².